The monoisotopic (exact) mass is 198 g/mol. The van der Waals surface area contributed by atoms with Gasteiger partial charge in [-0.3, -0.25) is 4.79 Å². The van der Waals surface area contributed by atoms with E-state index in [9.17, 15) is 9.90 Å². The number of esters is 1. The van der Waals surface area contributed by atoms with E-state index in [1.807, 2.05) is 12.2 Å². The minimum atomic E-state index is -0.520. The van der Waals surface area contributed by atoms with Crippen LogP contribution in [0.15, 0.2) is 12.2 Å². The van der Waals surface area contributed by atoms with Crippen molar-refractivity contribution in [3.05, 3.63) is 12.2 Å². The van der Waals surface area contributed by atoms with Gasteiger partial charge in [0, 0.05) is 6.42 Å². The smallest absolute Gasteiger partial charge is 0.306 e. The molecule has 4 nitrogen and oxygen atoms in total. The van der Waals surface area contributed by atoms with Crippen molar-refractivity contribution < 1.29 is 19.4 Å². The fraction of sp³-hybridized carbons (Fsp3) is 0.700. The molecule has 1 N–H and O–H groups in total. The average molecular weight is 198 g/mol. The van der Waals surface area contributed by atoms with E-state index < -0.39 is 6.10 Å². The molecule has 78 valence electrons. The number of aliphatic hydroxyl groups is 1. The van der Waals surface area contributed by atoms with Crippen molar-refractivity contribution in [2.24, 2.45) is 0 Å². The highest BCUT2D eigenvalue weighted by Gasteiger charge is 2.35. The molecule has 0 saturated carbocycles. The number of ether oxygens (including phenoxy) is 2. The number of carbonyl (C=O) groups is 1. The number of carbonyl (C=O) groups excluding carboxylic acids is 1. The van der Waals surface area contributed by atoms with Crippen molar-refractivity contribution in [1.29, 1.82) is 0 Å². The van der Waals surface area contributed by atoms with Gasteiger partial charge in [0.25, 0.3) is 0 Å². The number of cyclic esters (lactones) is 1. The van der Waals surface area contributed by atoms with Gasteiger partial charge in [0.2, 0.25) is 0 Å². The molecule has 0 radical (unpaired) electrons. The first kappa shape index (κ1) is 9.68. The minimum Gasteiger partial charge on any atom is -0.459 e. The summed E-state index contributed by atoms with van der Waals surface area (Å²) in [6, 6.07) is 0. The minimum absolute atomic E-state index is 0.160. The van der Waals surface area contributed by atoms with Crippen LogP contribution in [0, 0.1) is 0 Å². The Morgan fingerprint density at radius 2 is 2.36 bits per heavy atom. The molecule has 4 heteroatoms. The summed E-state index contributed by atoms with van der Waals surface area (Å²) in [7, 11) is 0. The maximum absolute atomic E-state index is 10.9. The highest BCUT2D eigenvalue weighted by molar-refractivity contribution is 5.71. The lowest BCUT2D eigenvalue weighted by atomic mass is 10.1. The number of rotatable bonds is 2. The molecule has 14 heavy (non-hydrogen) atoms. The van der Waals surface area contributed by atoms with Crippen LogP contribution in [0.2, 0.25) is 0 Å². The van der Waals surface area contributed by atoms with Crippen LogP contribution in [0.1, 0.15) is 19.8 Å². The van der Waals surface area contributed by atoms with Crippen LogP contribution < -0.4 is 0 Å². The first-order valence-corrected chi connectivity index (χ1v) is 4.88. The first-order chi connectivity index (χ1) is 6.66. The summed E-state index contributed by atoms with van der Waals surface area (Å²) in [6.07, 6.45) is 3.73. The third kappa shape index (κ3) is 1.81. The van der Waals surface area contributed by atoms with E-state index >= 15 is 0 Å². The van der Waals surface area contributed by atoms with E-state index in [0.717, 1.165) is 0 Å². The summed E-state index contributed by atoms with van der Waals surface area (Å²) >= 11 is 0. The second kappa shape index (κ2) is 3.71. The Labute approximate surface area is 82.5 Å². The zero-order chi connectivity index (χ0) is 10.1. The van der Waals surface area contributed by atoms with Crippen LogP contribution in [0.5, 0.6) is 0 Å². The Morgan fingerprint density at radius 3 is 2.86 bits per heavy atom. The predicted molar refractivity (Wildman–Crippen MR) is 48.6 cm³/mol. The van der Waals surface area contributed by atoms with Gasteiger partial charge in [-0.15, -0.1) is 0 Å². The van der Waals surface area contributed by atoms with Crippen molar-refractivity contribution in [3.63, 3.8) is 0 Å². The van der Waals surface area contributed by atoms with E-state index in [1.165, 1.54) is 0 Å². The predicted octanol–water partition coefficient (Wildman–Crippen LogP) is 0.396. The Kier molecular flexibility index (Phi) is 2.56. The lowest BCUT2D eigenvalue weighted by Crippen LogP contribution is -2.30. The van der Waals surface area contributed by atoms with Crippen LogP contribution in [-0.2, 0) is 14.3 Å². The third-order valence-corrected chi connectivity index (χ3v) is 2.56. The molecule has 1 fully saturated rings. The van der Waals surface area contributed by atoms with E-state index in [-0.39, 0.29) is 24.3 Å². The molecular weight excluding hydrogens is 184 g/mol. The van der Waals surface area contributed by atoms with Crippen molar-refractivity contribution in [2.75, 3.05) is 0 Å². The van der Waals surface area contributed by atoms with Gasteiger partial charge in [0.1, 0.15) is 18.3 Å². The molecule has 1 saturated heterocycles. The molecule has 4 atom stereocenters. The summed E-state index contributed by atoms with van der Waals surface area (Å²) < 4.78 is 10.6. The lowest BCUT2D eigenvalue weighted by molar-refractivity contribution is -0.146. The van der Waals surface area contributed by atoms with Crippen LogP contribution in [0.3, 0.4) is 0 Å². The van der Waals surface area contributed by atoms with E-state index in [1.54, 1.807) is 6.92 Å². The topological polar surface area (TPSA) is 55.8 Å². The molecule has 0 aromatic heterocycles. The maximum atomic E-state index is 10.9. The largest absolute Gasteiger partial charge is 0.459 e. The average Bonchev–Trinajstić information content (AvgIpc) is 2.70. The molecule has 2 heterocycles. The summed E-state index contributed by atoms with van der Waals surface area (Å²) in [5, 5.41) is 9.28. The molecule has 0 amide bonds. The molecule has 0 aromatic rings. The van der Waals surface area contributed by atoms with Crippen LogP contribution in [-0.4, -0.2) is 35.5 Å². The molecule has 0 unspecified atom stereocenters. The summed E-state index contributed by atoms with van der Waals surface area (Å²) in [4.78, 5) is 10.9. The molecule has 0 spiro atoms. The standard InChI is InChI=1S/C10H14O4/c1-6(11)7-2-3-8(13-7)9-4-5-10(12)14-9/h2-3,6-9,11H,4-5H2,1H3/t6-,7+,8-,9-/m1/s1. The fourth-order valence-electron chi connectivity index (χ4n) is 1.76. The summed E-state index contributed by atoms with van der Waals surface area (Å²) in [5.41, 5.74) is 0. The van der Waals surface area contributed by atoms with Gasteiger partial charge in [0.05, 0.1) is 6.10 Å². The second-order valence-corrected chi connectivity index (χ2v) is 3.76. The SMILES string of the molecule is C[C@@H](O)[C@@H]1C=C[C@H]([C@H]2CCC(=O)O2)O1. The molecule has 2 aliphatic heterocycles. The highest BCUT2D eigenvalue weighted by Crippen LogP contribution is 2.25. The molecular formula is C10H14O4. The van der Waals surface area contributed by atoms with Gasteiger partial charge in [-0.2, -0.15) is 0 Å². The maximum Gasteiger partial charge on any atom is 0.306 e. The van der Waals surface area contributed by atoms with Gasteiger partial charge < -0.3 is 14.6 Å². The molecule has 0 aliphatic carbocycles. The van der Waals surface area contributed by atoms with Crippen molar-refractivity contribution in [3.8, 4) is 0 Å². The third-order valence-electron chi connectivity index (χ3n) is 2.56. The Balaban J connectivity index is 1.90. The van der Waals surface area contributed by atoms with Gasteiger partial charge >= 0.3 is 5.97 Å². The normalized spacial score (nSPS) is 38.7. The molecule has 0 aromatic carbocycles. The van der Waals surface area contributed by atoms with Gasteiger partial charge in [-0.05, 0) is 13.3 Å². The van der Waals surface area contributed by atoms with Gasteiger partial charge in [-0.25, -0.2) is 0 Å². The molecule has 2 aliphatic rings. The summed E-state index contributed by atoms with van der Waals surface area (Å²) in [5.74, 6) is -0.160. The number of hydrogen-bond donors (Lipinski definition) is 1. The van der Waals surface area contributed by atoms with E-state index in [2.05, 4.69) is 0 Å². The zero-order valence-electron chi connectivity index (χ0n) is 8.05. The Bertz CT molecular complexity index is 259. The van der Waals surface area contributed by atoms with Gasteiger partial charge in [-0.1, -0.05) is 12.2 Å². The van der Waals surface area contributed by atoms with Crippen molar-refractivity contribution >= 4 is 5.97 Å². The van der Waals surface area contributed by atoms with Crippen molar-refractivity contribution in [1.82, 2.24) is 0 Å². The summed E-state index contributed by atoms with van der Waals surface area (Å²) in [6.45, 7) is 1.68. The van der Waals surface area contributed by atoms with Crippen LogP contribution in [0.4, 0.5) is 0 Å². The Hall–Kier alpha value is -0.870. The van der Waals surface area contributed by atoms with Crippen molar-refractivity contribution in [2.45, 2.75) is 44.2 Å². The highest BCUT2D eigenvalue weighted by atomic mass is 16.6. The molecule has 2 rings (SSSR count). The second-order valence-electron chi connectivity index (χ2n) is 3.76. The quantitative estimate of drug-likeness (QED) is 0.515. The number of hydrogen-bond acceptors (Lipinski definition) is 4. The zero-order valence-corrected chi connectivity index (χ0v) is 8.05. The van der Waals surface area contributed by atoms with Gasteiger partial charge in [0.15, 0.2) is 0 Å². The van der Waals surface area contributed by atoms with E-state index in [4.69, 9.17) is 9.47 Å². The Morgan fingerprint density at radius 1 is 1.57 bits per heavy atom. The number of aliphatic hydroxyl groups excluding tert-OH is 1. The van der Waals surface area contributed by atoms with Crippen LogP contribution >= 0.6 is 0 Å². The molecule has 0 bridgehead atoms. The fourth-order valence-corrected chi connectivity index (χ4v) is 1.76. The van der Waals surface area contributed by atoms with Crippen LogP contribution in [0.25, 0.3) is 0 Å². The first-order valence-electron chi connectivity index (χ1n) is 4.88. The van der Waals surface area contributed by atoms with E-state index in [0.29, 0.717) is 12.8 Å². The lowest BCUT2D eigenvalue weighted by Gasteiger charge is -2.19.